The first-order valence-electron chi connectivity index (χ1n) is 12.6. The number of nitrogens with one attached hydrogen (secondary N) is 2. The maximum absolute atomic E-state index is 12.0. The van der Waals surface area contributed by atoms with Crippen molar-refractivity contribution >= 4 is 33.8 Å². The van der Waals surface area contributed by atoms with Crippen molar-refractivity contribution in [3.8, 4) is 11.4 Å². The van der Waals surface area contributed by atoms with E-state index in [1.165, 1.54) is 6.33 Å². The van der Waals surface area contributed by atoms with Crippen LogP contribution in [0.3, 0.4) is 0 Å². The Bertz CT molecular complexity index is 1610. The molecule has 5 aromatic rings. The lowest BCUT2D eigenvalue weighted by molar-refractivity contribution is 0.146. The van der Waals surface area contributed by atoms with Gasteiger partial charge in [-0.3, -0.25) is 0 Å². The van der Waals surface area contributed by atoms with Crippen molar-refractivity contribution in [1.82, 2.24) is 35.1 Å². The Balaban J connectivity index is 1.34. The lowest BCUT2D eigenvalue weighted by Gasteiger charge is -2.12. The number of imidazole rings is 1. The van der Waals surface area contributed by atoms with E-state index in [0.29, 0.717) is 49.9 Å². The highest BCUT2D eigenvalue weighted by Crippen LogP contribution is 2.32. The van der Waals surface area contributed by atoms with Crippen LogP contribution in [0.25, 0.3) is 33.3 Å². The molecule has 1 amide bonds. The Morgan fingerprint density at radius 2 is 1.79 bits per heavy atom. The number of carbonyl (C=O) groups is 1. The van der Waals surface area contributed by atoms with E-state index in [9.17, 15) is 4.79 Å². The van der Waals surface area contributed by atoms with Crippen LogP contribution in [0.5, 0.6) is 0 Å². The largest absolute Gasteiger partial charge is 0.448 e. The van der Waals surface area contributed by atoms with Crippen LogP contribution in [-0.2, 0) is 17.8 Å². The molecular formula is C29H30N8O2. The quantitative estimate of drug-likeness (QED) is 0.185. The summed E-state index contributed by atoms with van der Waals surface area (Å²) >= 11 is 0. The van der Waals surface area contributed by atoms with Gasteiger partial charge in [0.1, 0.15) is 24.3 Å². The Hall–Kier alpha value is -4.83. The number of ether oxygens (including phenoxy) is 1. The van der Waals surface area contributed by atoms with Crippen molar-refractivity contribution in [1.29, 1.82) is 0 Å². The summed E-state index contributed by atoms with van der Waals surface area (Å²) in [4.78, 5) is 29.8. The minimum absolute atomic E-state index is 0.292. The van der Waals surface area contributed by atoms with E-state index in [0.717, 1.165) is 38.7 Å². The summed E-state index contributed by atoms with van der Waals surface area (Å²) in [6, 6.07) is 15.9. The predicted molar refractivity (Wildman–Crippen MR) is 152 cm³/mol. The summed E-state index contributed by atoms with van der Waals surface area (Å²) < 4.78 is 7.33. The molecule has 198 valence electrons. The van der Waals surface area contributed by atoms with Gasteiger partial charge in [-0.25, -0.2) is 24.7 Å². The van der Waals surface area contributed by atoms with E-state index in [4.69, 9.17) is 15.5 Å². The summed E-state index contributed by atoms with van der Waals surface area (Å²) in [5.74, 6) is 1.09. The number of para-hydroxylation sites is 1. The second-order valence-corrected chi connectivity index (χ2v) is 9.30. The number of rotatable bonds is 10. The molecule has 5 rings (SSSR count). The van der Waals surface area contributed by atoms with Gasteiger partial charge in [0.25, 0.3) is 0 Å². The van der Waals surface area contributed by atoms with Gasteiger partial charge >= 0.3 is 6.09 Å². The number of hydrogen-bond acceptors (Lipinski definition) is 8. The molecule has 0 aliphatic rings. The number of nitrogens with zero attached hydrogens (tertiary/aromatic N) is 5. The summed E-state index contributed by atoms with van der Waals surface area (Å²) in [5.41, 5.74) is 12.5. The summed E-state index contributed by atoms with van der Waals surface area (Å²) in [6.45, 7) is 8.24. The number of pyridine rings is 1. The number of fused-ring (bicyclic) bond motifs is 3. The molecule has 0 spiro atoms. The number of carbonyl (C=O) groups excluding carboxylic acids is 1. The van der Waals surface area contributed by atoms with E-state index >= 15 is 0 Å². The molecular weight excluding hydrogens is 492 g/mol. The van der Waals surface area contributed by atoms with Gasteiger partial charge in [0, 0.05) is 44.0 Å². The molecule has 0 saturated carbocycles. The van der Waals surface area contributed by atoms with Crippen LogP contribution in [0.2, 0.25) is 0 Å². The lowest BCUT2D eigenvalue weighted by atomic mass is 10.1. The van der Waals surface area contributed by atoms with Gasteiger partial charge in [-0.05, 0) is 24.1 Å². The Kier molecular flexibility index (Phi) is 7.74. The van der Waals surface area contributed by atoms with Gasteiger partial charge in [0.05, 0.1) is 16.6 Å². The minimum Gasteiger partial charge on any atom is -0.448 e. The second kappa shape index (κ2) is 11.7. The standard InChI is InChI=1S/C29H30N8O2/c1-19(2)13-31-11-12-39-29(38)34-14-20-7-9-21(10-8-20)17-37-26-23-5-3-4-6-24(23)35-27(30)25(26)36-28(37)22-15-32-18-33-16-22/h3-10,15-16,18,31H,1,11-14,17H2,2H3,(H2,30,35)(H,34,38). The van der Waals surface area contributed by atoms with Gasteiger partial charge in [-0.15, -0.1) is 0 Å². The van der Waals surface area contributed by atoms with Gasteiger partial charge in [0.15, 0.2) is 5.82 Å². The maximum atomic E-state index is 12.0. The fourth-order valence-corrected chi connectivity index (χ4v) is 4.34. The smallest absolute Gasteiger partial charge is 0.407 e. The highest BCUT2D eigenvalue weighted by atomic mass is 16.5. The van der Waals surface area contributed by atoms with Crippen molar-refractivity contribution < 1.29 is 9.53 Å². The van der Waals surface area contributed by atoms with Crippen LogP contribution in [0.15, 0.2) is 79.4 Å². The van der Waals surface area contributed by atoms with Crippen molar-refractivity contribution in [2.45, 2.75) is 20.0 Å². The minimum atomic E-state index is -0.450. The molecule has 0 radical (unpaired) electrons. The molecule has 2 aromatic carbocycles. The number of benzene rings is 2. The summed E-state index contributed by atoms with van der Waals surface area (Å²) in [5, 5.41) is 6.90. The molecule has 0 unspecified atom stereocenters. The summed E-state index contributed by atoms with van der Waals surface area (Å²) in [6.07, 6.45) is 4.52. The Morgan fingerprint density at radius 3 is 2.56 bits per heavy atom. The molecule has 0 fully saturated rings. The fourth-order valence-electron chi connectivity index (χ4n) is 4.34. The van der Waals surface area contributed by atoms with Crippen molar-refractivity contribution in [3.05, 3.63) is 90.5 Å². The van der Waals surface area contributed by atoms with Crippen LogP contribution in [0, 0.1) is 0 Å². The number of alkyl carbamates (subject to hydrolysis) is 1. The first kappa shape index (κ1) is 25.8. The fraction of sp³-hybridized carbons (Fsp3) is 0.207. The van der Waals surface area contributed by atoms with Crippen molar-refractivity contribution in [2.24, 2.45) is 0 Å². The number of aromatic nitrogens is 5. The number of nitrogens with two attached hydrogens (primary N) is 1. The highest BCUT2D eigenvalue weighted by Gasteiger charge is 2.19. The predicted octanol–water partition coefficient (Wildman–Crippen LogP) is 4.06. The van der Waals surface area contributed by atoms with Crippen LogP contribution in [0.4, 0.5) is 10.6 Å². The van der Waals surface area contributed by atoms with E-state index in [1.807, 2.05) is 55.5 Å². The third kappa shape index (κ3) is 6.02. The number of hydrogen-bond donors (Lipinski definition) is 3. The molecule has 3 aromatic heterocycles. The normalized spacial score (nSPS) is 11.1. The topological polar surface area (TPSA) is 133 Å². The molecule has 10 heteroatoms. The number of amides is 1. The van der Waals surface area contributed by atoms with Gasteiger partial charge in [-0.1, -0.05) is 54.6 Å². The Labute approximate surface area is 226 Å². The van der Waals surface area contributed by atoms with Gasteiger partial charge in [0.2, 0.25) is 0 Å². The van der Waals surface area contributed by atoms with E-state index in [1.54, 1.807) is 12.4 Å². The van der Waals surface area contributed by atoms with Gasteiger partial charge in [-0.2, -0.15) is 0 Å². The first-order valence-corrected chi connectivity index (χ1v) is 12.6. The van der Waals surface area contributed by atoms with Crippen LogP contribution < -0.4 is 16.4 Å². The van der Waals surface area contributed by atoms with Crippen LogP contribution in [-0.4, -0.2) is 50.3 Å². The molecule has 0 saturated heterocycles. The molecule has 0 atom stereocenters. The molecule has 0 aliphatic heterocycles. The van der Waals surface area contributed by atoms with Crippen LogP contribution in [0.1, 0.15) is 18.1 Å². The van der Waals surface area contributed by atoms with Crippen molar-refractivity contribution in [2.75, 3.05) is 25.4 Å². The van der Waals surface area contributed by atoms with E-state index < -0.39 is 6.09 Å². The molecule has 39 heavy (non-hydrogen) atoms. The number of anilines is 1. The highest BCUT2D eigenvalue weighted by molar-refractivity contribution is 6.07. The molecule has 0 aliphatic carbocycles. The average Bonchev–Trinajstić information content (AvgIpc) is 3.33. The first-order chi connectivity index (χ1) is 19.0. The zero-order valence-electron chi connectivity index (χ0n) is 21.7. The monoisotopic (exact) mass is 522 g/mol. The lowest BCUT2D eigenvalue weighted by Crippen LogP contribution is -2.28. The van der Waals surface area contributed by atoms with Crippen LogP contribution >= 0.6 is 0 Å². The maximum Gasteiger partial charge on any atom is 0.407 e. The van der Waals surface area contributed by atoms with E-state index in [2.05, 4.69) is 36.7 Å². The second-order valence-electron chi connectivity index (χ2n) is 9.30. The molecule has 4 N–H and O–H groups in total. The molecule has 3 heterocycles. The van der Waals surface area contributed by atoms with Crippen molar-refractivity contribution in [3.63, 3.8) is 0 Å². The molecule has 10 nitrogen and oxygen atoms in total. The zero-order chi connectivity index (χ0) is 27.2. The van der Waals surface area contributed by atoms with E-state index in [-0.39, 0.29) is 0 Å². The zero-order valence-corrected chi connectivity index (χ0v) is 21.7. The third-order valence-electron chi connectivity index (χ3n) is 6.17. The number of nitrogen functional groups attached to an aromatic ring is 1. The molecule has 0 bridgehead atoms. The SMILES string of the molecule is C=C(C)CNCCOC(=O)NCc1ccc(Cn2c(-c3cncnc3)nc3c(N)nc4ccccc4c32)cc1. The third-order valence-corrected chi connectivity index (χ3v) is 6.17. The van der Waals surface area contributed by atoms with Gasteiger partial charge < -0.3 is 25.7 Å². The summed E-state index contributed by atoms with van der Waals surface area (Å²) in [7, 11) is 0. The Morgan fingerprint density at radius 1 is 1.05 bits per heavy atom. The average molecular weight is 523 g/mol.